The Morgan fingerprint density at radius 3 is 2.70 bits per heavy atom. The molecule has 0 aliphatic carbocycles. The highest BCUT2D eigenvalue weighted by Crippen LogP contribution is 2.25. The maximum absolute atomic E-state index is 11.5. The summed E-state index contributed by atoms with van der Waals surface area (Å²) in [5.41, 5.74) is 8.06. The zero-order chi connectivity index (χ0) is 19.4. The Kier molecular flexibility index (Phi) is 5.94. The summed E-state index contributed by atoms with van der Waals surface area (Å²) in [4.78, 5) is 24.2. The van der Waals surface area contributed by atoms with Crippen LogP contribution in [0.1, 0.15) is 35.7 Å². The number of hydrogen-bond donors (Lipinski definition) is 3. The van der Waals surface area contributed by atoms with E-state index in [1.54, 1.807) is 51.8 Å². The van der Waals surface area contributed by atoms with E-state index in [0.29, 0.717) is 29.2 Å². The van der Waals surface area contributed by atoms with Crippen LogP contribution in [-0.4, -0.2) is 37.1 Å². The number of halogens is 1. The largest absolute Gasteiger partial charge is 0.480 e. The smallest absolute Gasteiger partial charge is 0.347 e. The molecule has 0 atom stereocenters. The lowest BCUT2D eigenvalue weighted by atomic mass is 10.1. The lowest BCUT2D eigenvalue weighted by Gasteiger charge is -2.08. The van der Waals surface area contributed by atoms with Crippen molar-refractivity contribution in [3.8, 4) is 6.01 Å². The molecule has 27 heavy (non-hydrogen) atoms. The molecule has 0 radical (unpaired) electrons. The molecule has 142 valence electrons. The number of nitrogens with zero attached hydrogens (tertiary/aromatic N) is 4. The average Bonchev–Trinajstić information content (AvgIpc) is 2.98. The molecular formula is C17H19IN6O3. The summed E-state index contributed by atoms with van der Waals surface area (Å²) in [6.07, 6.45) is 2.03. The maximum Gasteiger partial charge on any atom is 0.347 e. The number of fused-ring (bicyclic) bond motifs is 1. The van der Waals surface area contributed by atoms with E-state index in [0.717, 1.165) is 24.9 Å². The van der Waals surface area contributed by atoms with E-state index < -0.39 is 5.97 Å². The zero-order valence-corrected chi connectivity index (χ0v) is 16.8. The van der Waals surface area contributed by atoms with Crippen molar-refractivity contribution in [1.82, 2.24) is 19.5 Å². The molecule has 0 spiro atoms. The van der Waals surface area contributed by atoms with Gasteiger partial charge in [-0.1, -0.05) is 25.5 Å². The molecule has 10 heteroatoms. The number of nitrogens with two attached hydrogens (primary N) is 1. The summed E-state index contributed by atoms with van der Waals surface area (Å²) in [6.45, 7) is 3.14. The van der Waals surface area contributed by atoms with Crippen molar-refractivity contribution in [2.45, 2.75) is 26.3 Å². The maximum atomic E-state index is 11.5. The molecule has 2 aromatic heterocycles. The van der Waals surface area contributed by atoms with Crippen molar-refractivity contribution in [3.63, 3.8) is 0 Å². The van der Waals surface area contributed by atoms with Gasteiger partial charge in [-0.25, -0.2) is 4.79 Å². The van der Waals surface area contributed by atoms with E-state index in [-0.39, 0.29) is 11.8 Å². The number of imidazole rings is 1. The van der Waals surface area contributed by atoms with Gasteiger partial charge in [0, 0.05) is 6.54 Å². The molecular weight excluding hydrogens is 463 g/mol. The van der Waals surface area contributed by atoms with Crippen molar-refractivity contribution >= 4 is 51.9 Å². The van der Waals surface area contributed by atoms with Crippen LogP contribution in [0, 0.1) is 0 Å². The first-order valence-electron chi connectivity index (χ1n) is 8.42. The summed E-state index contributed by atoms with van der Waals surface area (Å²) in [5.74, 6) is 0.185. The van der Waals surface area contributed by atoms with Gasteiger partial charge < -0.3 is 19.2 Å². The predicted molar refractivity (Wildman–Crippen MR) is 110 cm³/mol. The molecule has 0 saturated carbocycles. The third-order valence-electron chi connectivity index (χ3n) is 4.02. The second-order valence-electron chi connectivity index (χ2n) is 5.94. The van der Waals surface area contributed by atoms with Crippen molar-refractivity contribution in [2.75, 3.05) is 17.6 Å². The summed E-state index contributed by atoms with van der Waals surface area (Å²) >= 11 is 1.55. The van der Waals surface area contributed by atoms with Gasteiger partial charge in [-0.2, -0.15) is 15.0 Å². The number of unbranched alkanes of at least 4 members (excludes halogenated alkanes) is 1. The highest BCUT2D eigenvalue weighted by molar-refractivity contribution is 14.1. The number of hydrogen-bond acceptors (Lipinski definition) is 8. The van der Waals surface area contributed by atoms with Gasteiger partial charge in [-0.15, -0.1) is 0 Å². The van der Waals surface area contributed by atoms with Crippen molar-refractivity contribution in [3.05, 3.63) is 35.4 Å². The van der Waals surface area contributed by atoms with Crippen LogP contribution in [0.4, 0.5) is 11.8 Å². The number of rotatable bonds is 7. The van der Waals surface area contributed by atoms with Gasteiger partial charge in [0.15, 0.2) is 40.0 Å². The molecule has 0 aliphatic heterocycles. The van der Waals surface area contributed by atoms with Crippen LogP contribution in [-0.2, 0) is 9.61 Å². The van der Waals surface area contributed by atoms with Crippen molar-refractivity contribution in [1.29, 1.82) is 0 Å². The molecule has 0 saturated heterocycles. The summed E-state index contributed by atoms with van der Waals surface area (Å²) in [7, 11) is 0. The normalized spacial score (nSPS) is 10.9. The fourth-order valence-electron chi connectivity index (χ4n) is 2.59. The van der Waals surface area contributed by atoms with E-state index in [4.69, 9.17) is 5.73 Å². The lowest BCUT2D eigenvalue weighted by Crippen LogP contribution is -2.08. The molecule has 0 amide bonds. The summed E-state index contributed by atoms with van der Waals surface area (Å²) in [5, 5.41) is 13.4. The van der Waals surface area contributed by atoms with Crippen molar-refractivity contribution < 1.29 is 13.0 Å². The molecule has 2 heterocycles. The predicted octanol–water partition coefficient (Wildman–Crippen LogP) is 2.88. The van der Waals surface area contributed by atoms with Gasteiger partial charge in [-0.3, -0.25) is 4.57 Å². The monoisotopic (exact) mass is 482 g/mol. The van der Waals surface area contributed by atoms with Crippen molar-refractivity contribution in [2.24, 2.45) is 0 Å². The summed E-state index contributed by atoms with van der Waals surface area (Å²) < 4.78 is 6.21. The first-order chi connectivity index (χ1) is 13.0. The van der Waals surface area contributed by atoms with Gasteiger partial charge in [0.05, 0.1) is 12.1 Å². The highest BCUT2D eigenvalue weighted by Gasteiger charge is 2.17. The molecule has 0 aliphatic rings. The van der Waals surface area contributed by atoms with Crippen LogP contribution in [0.2, 0.25) is 0 Å². The van der Waals surface area contributed by atoms with E-state index in [2.05, 4.69) is 30.3 Å². The van der Waals surface area contributed by atoms with Crippen LogP contribution in [0.5, 0.6) is 6.01 Å². The summed E-state index contributed by atoms with van der Waals surface area (Å²) in [6, 6.07) is 6.67. The van der Waals surface area contributed by atoms with Crippen LogP contribution < -0.4 is 11.1 Å². The van der Waals surface area contributed by atoms with E-state index >= 15 is 0 Å². The minimum absolute atomic E-state index is 0.201. The number of carbonyl (C=O) groups excluding carboxylic acids is 1. The number of aromatic nitrogens is 4. The minimum atomic E-state index is -0.415. The van der Waals surface area contributed by atoms with Gasteiger partial charge in [0.1, 0.15) is 0 Å². The van der Waals surface area contributed by atoms with Gasteiger partial charge in [-0.05, 0) is 24.1 Å². The minimum Gasteiger partial charge on any atom is -0.480 e. The fourth-order valence-corrected chi connectivity index (χ4v) is 2.84. The standard InChI is InChI=1S/C17H19IN6O3/c1-2-3-8-20-16-22-13(19)12-14(23-16)24(17(26)21-12)9-10-4-6-11(7-5-10)15(25)27-18/h4-7H,2-3,8-9H2,1H3,(H,21,26)(H3,19,20,22,23). The average molecular weight is 482 g/mol. The third-order valence-corrected chi connectivity index (χ3v) is 4.42. The van der Waals surface area contributed by atoms with Crippen LogP contribution in [0.15, 0.2) is 24.3 Å². The zero-order valence-electron chi connectivity index (χ0n) is 14.6. The number of nitrogens with one attached hydrogen (secondary N) is 1. The topological polar surface area (TPSA) is 128 Å². The Morgan fingerprint density at radius 1 is 1.30 bits per heavy atom. The number of aromatic hydroxyl groups is 1. The van der Waals surface area contributed by atoms with E-state index in [1.807, 2.05) is 0 Å². The molecule has 3 aromatic rings. The Morgan fingerprint density at radius 2 is 2.04 bits per heavy atom. The molecule has 0 unspecified atom stereocenters. The van der Waals surface area contributed by atoms with E-state index in [1.165, 1.54) is 0 Å². The quantitative estimate of drug-likeness (QED) is 0.347. The number of carbonyl (C=O) groups is 1. The Bertz CT molecular complexity index is 957. The SMILES string of the molecule is CCCCNc1nc(N)c2nc(O)n(Cc3ccc(C(=O)OI)cc3)c2n1. The third kappa shape index (κ3) is 4.21. The fraction of sp³-hybridized carbons (Fsp3) is 0.294. The molecule has 3 rings (SSSR count). The van der Waals surface area contributed by atoms with Gasteiger partial charge in [0.25, 0.3) is 6.01 Å². The highest BCUT2D eigenvalue weighted by atomic mass is 127. The Hall–Kier alpha value is -2.63. The molecule has 0 fully saturated rings. The number of nitrogen functional groups attached to an aromatic ring is 1. The Labute approximate surface area is 169 Å². The lowest BCUT2D eigenvalue weighted by molar-refractivity contribution is 0.0800. The molecule has 1 aromatic carbocycles. The number of anilines is 2. The van der Waals surface area contributed by atoms with Gasteiger partial charge in [0.2, 0.25) is 5.95 Å². The van der Waals surface area contributed by atoms with Crippen LogP contribution in [0.3, 0.4) is 0 Å². The Balaban J connectivity index is 1.91. The second-order valence-corrected chi connectivity index (χ2v) is 6.38. The molecule has 4 N–H and O–H groups in total. The molecule has 0 bridgehead atoms. The molecule has 9 nitrogen and oxygen atoms in total. The first-order valence-corrected chi connectivity index (χ1v) is 9.30. The number of benzene rings is 1. The van der Waals surface area contributed by atoms with Crippen LogP contribution >= 0.6 is 23.0 Å². The van der Waals surface area contributed by atoms with Gasteiger partial charge >= 0.3 is 5.97 Å². The second kappa shape index (κ2) is 8.37. The van der Waals surface area contributed by atoms with E-state index in [9.17, 15) is 9.90 Å². The van der Waals surface area contributed by atoms with Crippen LogP contribution in [0.25, 0.3) is 11.2 Å². The first kappa shape index (κ1) is 19.1.